The molecule has 0 aromatic heterocycles. The smallest absolute Gasteiger partial charge is 0.224 e. The largest absolute Gasteiger partial charge is 0.398 e. The number of anilines is 2. The van der Waals surface area contributed by atoms with Gasteiger partial charge in [-0.25, -0.2) is 0 Å². The third-order valence-corrected chi connectivity index (χ3v) is 3.76. The van der Waals surface area contributed by atoms with Crippen LogP contribution in [-0.2, 0) is 11.2 Å². The average molecular weight is 333 g/mol. The van der Waals surface area contributed by atoms with E-state index in [0.717, 1.165) is 16.6 Å². The molecular formula is C16H17BrN2O. The van der Waals surface area contributed by atoms with Gasteiger partial charge < -0.3 is 11.1 Å². The maximum Gasteiger partial charge on any atom is 0.224 e. The predicted octanol–water partition coefficient (Wildman–Crippen LogP) is 3.91. The molecule has 0 fully saturated rings. The molecule has 2 rings (SSSR count). The zero-order valence-electron chi connectivity index (χ0n) is 11.3. The Bertz CT molecular complexity index is 608. The van der Waals surface area contributed by atoms with Crippen LogP contribution in [0, 0.1) is 6.92 Å². The van der Waals surface area contributed by atoms with Crippen LogP contribution in [0.1, 0.15) is 17.5 Å². The van der Waals surface area contributed by atoms with Crippen LogP contribution < -0.4 is 11.1 Å². The first-order chi connectivity index (χ1) is 9.54. The number of rotatable bonds is 4. The average Bonchev–Trinajstić information content (AvgIpc) is 2.42. The number of halogens is 1. The highest BCUT2D eigenvalue weighted by atomic mass is 79.9. The molecular weight excluding hydrogens is 316 g/mol. The Kier molecular flexibility index (Phi) is 4.79. The van der Waals surface area contributed by atoms with Crippen LogP contribution in [0.15, 0.2) is 46.9 Å². The summed E-state index contributed by atoms with van der Waals surface area (Å²) in [6, 6.07) is 13.6. The van der Waals surface area contributed by atoms with Gasteiger partial charge >= 0.3 is 0 Å². The van der Waals surface area contributed by atoms with Gasteiger partial charge in [0.15, 0.2) is 0 Å². The molecule has 0 atom stereocenters. The van der Waals surface area contributed by atoms with Gasteiger partial charge in [-0.3, -0.25) is 4.79 Å². The van der Waals surface area contributed by atoms with Crippen molar-refractivity contribution in [2.24, 2.45) is 0 Å². The quantitative estimate of drug-likeness (QED) is 0.834. The fourth-order valence-electron chi connectivity index (χ4n) is 1.86. The SMILES string of the molecule is Cc1ccc(CCC(=O)Nc2ccc(Br)c(N)c2)cc1. The first-order valence-corrected chi connectivity index (χ1v) is 7.24. The first kappa shape index (κ1) is 14.6. The van der Waals surface area contributed by atoms with E-state index < -0.39 is 0 Å². The third kappa shape index (κ3) is 4.10. The molecule has 104 valence electrons. The lowest BCUT2D eigenvalue weighted by Gasteiger charge is -2.07. The van der Waals surface area contributed by atoms with Crippen LogP contribution in [0.5, 0.6) is 0 Å². The summed E-state index contributed by atoms with van der Waals surface area (Å²) < 4.78 is 0.829. The molecule has 1 amide bonds. The Morgan fingerprint density at radius 1 is 1.20 bits per heavy atom. The maximum atomic E-state index is 11.9. The summed E-state index contributed by atoms with van der Waals surface area (Å²) in [6.07, 6.45) is 1.19. The Morgan fingerprint density at radius 3 is 2.55 bits per heavy atom. The molecule has 3 N–H and O–H groups in total. The molecule has 0 aliphatic rings. The first-order valence-electron chi connectivity index (χ1n) is 6.45. The Labute approximate surface area is 127 Å². The highest BCUT2D eigenvalue weighted by molar-refractivity contribution is 9.10. The number of nitrogens with one attached hydrogen (secondary N) is 1. The highest BCUT2D eigenvalue weighted by Crippen LogP contribution is 2.23. The summed E-state index contributed by atoms with van der Waals surface area (Å²) in [7, 11) is 0. The normalized spacial score (nSPS) is 10.3. The summed E-state index contributed by atoms with van der Waals surface area (Å²) >= 11 is 3.32. The predicted molar refractivity (Wildman–Crippen MR) is 86.7 cm³/mol. The molecule has 0 unspecified atom stereocenters. The van der Waals surface area contributed by atoms with Gasteiger partial charge in [-0.1, -0.05) is 29.8 Å². The fourth-order valence-corrected chi connectivity index (χ4v) is 2.10. The van der Waals surface area contributed by atoms with Crippen molar-refractivity contribution in [1.82, 2.24) is 0 Å². The highest BCUT2D eigenvalue weighted by Gasteiger charge is 2.04. The molecule has 0 saturated carbocycles. The summed E-state index contributed by atoms with van der Waals surface area (Å²) in [5.74, 6) is -0.00713. The van der Waals surface area contributed by atoms with E-state index in [4.69, 9.17) is 5.73 Å². The zero-order chi connectivity index (χ0) is 14.5. The third-order valence-electron chi connectivity index (χ3n) is 3.04. The number of nitrogens with two attached hydrogens (primary N) is 1. The second-order valence-electron chi connectivity index (χ2n) is 4.77. The van der Waals surface area contributed by atoms with Crippen molar-refractivity contribution in [3.63, 3.8) is 0 Å². The number of hydrogen-bond acceptors (Lipinski definition) is 2. The standard InChI is InChI=1S/C16H17BrN2O/c1-11-2-4-12(5-3-11)6-9-16(20)19-13-7-8-14(17)15(18)10-13/h2-5,7-8,10H,6,9,18H2,1H3,(H,19,20). The molecule has 2 aromatic carbocycles. The van der Waals surface area contributed by atoms with Gasteiger partial charge in [0.2, 0.25) is 5.91 Å². The van der Waals surface area contributed by atoms with Crippen molar-refractivity contribution in [2.75, 3.05) is 11.1 Å². The summed E-state index contributed by atoms with van der Waals surface area (Å²) in [6.45, 7) is 2.05. The van der Waals surface area contributed by atoms with Gasteiger partial charge in [0.1, 0.15) is 0 Å². The van der Waals surface area contributed by atoms with E-state index in [2.05, 4.69) is 52.4 Å². The number of hydrogen-bond donors (Lipinski definition) is 2. The van der Waals surface area contributed by atoms with Crippen LogP contribution in [0.3, 0.4) is 0 Å². The summed E-state index contributed by atoms with van der Waals surface area (Å²) in [5.41, 5.74) is 9.50. The van der Waals surface area contributed by atoms with E-state index >= 15 is 0 Å². The van der Waals surface area contributed by atoms with Crippen LogP contribution in [0.4, 0.5) is 11.4 Å². The van der Waals surface area contributed by atoms with E-state index in [9.17, 15) is 4.79 Å². The fraction of sp³-hybridized carbons (Fsp3) is 0.188. The van der Waals surface area contributed by atoms with Gasteiger partial charge in [0, 0.05) is 22.3 Å². The topological polar surface area (TPSA) is 55.1 Å². The maximum absolute atomic E-state index is 11.9. The van der Waals surface area contributed by atoms with E-state index in [-0.39, 0.29) is 5.91 Å². The van der Waals surface area contributed by atoms with E-state index in [1.165, 1.54) is 11.1 Å². The molecule has 2 aromatic rings. The molecule has 0 saturated heterocycles. The van der Waals surface area contributed by atoms with Crippen molar-refractivity contribution < 1.29 is 4.79 Å². The molecule has 0 heterocycles. The van der Waals surface area contributed by atoms with Gasteiger partial charge in [-0.05, 0) is 53.0 Å². The molecule has 3 nitrogen and oxygen atoms in total. The second-order valence-corrected chi connectivity index (χ2v) is 5.62. The van der Waals surface area contributed by atoms with Crippen LogP contribution in [0.25, 0.3) is 0 Å². The Hall–Kier alpha value is -1.81. The molecule has 4 heteroatoms. The molecule has 0 radical (unpaired) electrons. The van der Waals surface area contributed by atoms with Gasteiger partial charge in [0.05, 0.1) is 0 Å². The summed E-state index contributed by atoms with van der Waals surface area (Å²) in [5, 5.41) is 2.85. The van der Waals surface area contributed by atoms with E-state index in [1.807, 2.05) is 12.1 Å². The van der Waals surface area contributed by atoms with Crippen molar-refractivity contribution in [3.05, 3.63) is 58.1 Å². The number of amides is 1. The molecule has 0 spiro atoms. The van der Waals surface area contributed by atoms with Crippen molar-refractivity contribution in [3.8, 4) is 0 Å². The van der Waals surface area contributed by atoms with Crippen LogP contribution >= 0.6 is 15.9 Å². The van der Waals surface area contributed by atoms with Gasteiger partial charge in [-0.2, -0.15) is 0 Å². The van der Waals surface area contributed by atoms with Crippen LogP contribution in [0.2, 0.25) is 0 Å². The minimum atomic E-state index is -0.00713. The summed E-state index contributed by atoms with van der Waals surface area (Å²) in [4.78, 5) is 11.9. The van der Waals surface area contributed by atoms with Gasteiger partial charge in [0.25, 0.3) is 0 Å². The van der Waals surface area contributed by atoms with Crippen molar-refractivity contribution >= 4 is 33.2 Å². The van der Waals surface area contributed by atoms with Gasteiger partial charge in [-0.15, -0.1) is 0 Å². The number of aryl methyl sites for hydroxylation is 2. The monoisotopic (exact) mass is 332 g/mol. The molecule has 0 aliphatic carbocycles. The number of nitrogen functional groups attached to an aromatic ring is 1. The van der Waals surface area contributed by atoms with E-state index in [0.29, 0.717) is 12.1 Å². The Balaban J connectivity index is 1.89. The number of carbonyl (C=O) groups is 1. The second kappa shape index (κ2) is 6.57. The van der Waals surface area contributed by atoms with Crippen LogP contribution in [-0.4, -0.2) is 5.91 Å². The Morgan fingerprint density at radius 2 is 1.90 bits per heavy atom. The van der Waals surface area contributed by atoms with Crippen molar-refractivity contribution in [1.29, 1.82) is 0 Å². The molecule has 0 bridgehead atoms. The minimum absolute atomic E-state index is 0.00713. The minimum Gasteiger partial charge on any atom is -0.398 e. The molecule has 0 aliphatic heterocycles. The lowest BCUT2D eigenvalue weighted by atomic mass is 10.1. The lowest BCUT2D eigenvalue weighted by molar-refractivity contribution is -0.116. The number of carbonyl (C=O) groups excluding carboxylic acids is 1. The molecule has 20 heavy (non-hydrogen) atoms. The number of benzene rings is 2. The lowest BCUT2D eigenvalue weighted by Crippen LogP contribution is -2.12. The zero-order valence-corrected chi connectivity index (χ0v) is 12.9. The van der Waals surface area contributed by atoms with Crippen molar-refractivity contribution in [2.45, 2.75) is 19.8 Å². The van der Waals surface area contributed by atoms with E-state index in [1.54, 1.807) is 6.07 Å².